The van der Waals surface area contributed by atoms with Crippen molar-refractivity contribution in [1.82, 2.24) is 0 Å². The van der Waals surface area contributed by atoms with Crippen LogP contribution in [0.4, 0.5) is 0 Å². The second kappa shape index (κ2) is 8.10. The Labute approximate surface area is 209 Å². The molecule has 4 aromatic carbocycles. The van der Waals surface area contributed by atoms with Gasteiger partial charge in [0.1, 0.15) is 0 Å². The average Bonchev–Trinajstić information content (AvgIpc) is 3.31. The van der Waals surface area contributed by atoms with Crippen LogP contribution in [0.3, 0.4) is 0 Å². The first kappa shape index (κ1) is 21.6. The third kappa shape index (κ3) is 2.86. The second-order valence-electron chi connectivity index (χ2n) is 9.53. The molecule has 170 valence electrons. The Hall–Kier alpha value is -3.90. The zero-order chi connectivity index (χ0) is 24.0. The quantitative estimate of drug-likeness (QED) is 0.272. The minimum atomic E-state index is -0.276. The van der Waals surface area contributed by atoms with E-state index in [0.717, 1.165) is 0 Å². The van der Waals surface area contributed by atoms with E-state index < -0.39 is 0 Å². The topological polar surface area (TPSA) is 0 Å². The van der Waals surface area contributed by atoms with E-state index in [9.17, 15) is 0 Å². The van der Waals surface area contributed by atoms with Gasteiger partial charge in [-0.2, -0.15) is 0 Å². The standard InChI is InChI=1S/C33H24.C2H6/c1-32(23-11-3-2-4-12-23)21-19-27-26-15-7-10-18-30(26)33(31(27)20-22-32)28-16-8-5-13-24(28)25-14-6-9-17-29(25)33;1-2/h2-22H,1H3;1-2H3. The molecule has 0 amide bonds. The van der Waals surface area contributed by atoms with Crippen molar-refractivity contribution in [2.24, 2.45) is 0 Å². The van der Waals surface area contributed by atoms with Gasteiger partial charge >= 0.3 is 0 Å². The summed E-state index contributed by atoms with van der Waals surface area (Å²) in [7, 11) is 0. The minimum Gasteiger partial charge on any atom is -0.0701 e. The minimum absolute atomic E-state index is 0.153. The van der Waals surface area contributed by atoms with E-state index in [-0.39, 0.29) is 10.8 Å². The zero-order valence-corrected chi connectivity index (χ0v) is 20.6. The van der Waals surface area contributed by atoms with Crippen LogP contribution in [0.2, 0.25) is 0 Å². The molecule has 0 saturated heterocycles. The molecule has 0 radical (unpaired) electrons. The third-order valence-corrected chi connectivity index (χ3v) is 7.86. The lowest BCUT2D eigenvalue weighted by Gasteiger charge is -2.32. The summed E-state index contributed by atoms with van der Waals surface area (Å²) < 4.78 is 0. The van der Waals surface area contributed by atoms with Gasteiger partial charge in [0.05, 0.1) is 5.41 Å². The molecular formula is C35H30. The molecule has 0 saturated carbocycles. The first-order valence-electron chi connectivity index (χ1n) is 12.7. The van der Waals surface area contributed by atoms with Crippen molar-refractivity contribution >= 4 is 5.57 Å². The van der Waals surface area contributed by atoms with Crippen molar-refractivity contribution in [3.8, 4) is 11.1 Å². The molecular weight excluding hydrogens is 420 g/mol. The van der Waals surface area contributed by atoms with Crippen molar-refractivity contribution in [2.45, 2.75) is 31.6 Å². The van der Waals surface area contributed by atoms with Crippen LogP contribution in [0.15, 0.2) is 133 Å². The molecule has 0 heterocycles. The van der Waals surface area contributed by atoms with Gasteiger partial charge in [0, 0.05) is 5.41 Å². The van der Waals surface area contributed by atoms with Crippen LogP contribution in [0.5, 0.6) is 0 Å². The van der Waals surface area contributed by atoms with Gasteiger partial charge in [-0.15, -0.1) is 0 Å². The summed E-state index contributed by atoms with van der Waals surface area (Å²) in [5.41, 5.74) is 11.8. The number of benzene rings is 4. The first-order chi connectivity index (χ1) is 17.2. The maximum Gasteiger partial charge on any atom is 0.0725 e. The Morgan fingerprint density at radius 3 is 1.54 bits per heavy atom. The van der Waals surface area contributed by atoms with Crippen LogP contribution in [0.25, 0.3) is 16.7 Å². The Morgan fingerprint density at radius 1 is 0.486 bits per heavy atom. The van der Waals surface area contributed by atoms with Crippen molar-refractivity contribution < 1.29 is 0 Å². The molecule has 0 nitrogen and oxygen atoms in total. The van der Waals surface area contributed by atoms with Gasteiger partial charge in [0.15, 0.2) is 0 Å². The molecule has 7 rings (SSSR count). The smallest absolute Gasteiger partial charge is 0.0701 e. The number of fused-ring (bicyclic) bond motifs is 9. The molecule has 0 bridgehead atoms. The molecule has 0 aromatic heterocycles. The number of allylic oxidation sites excluding steroid dienone is 6. The normalized spacial score (nSPS) is 19.9. The van der Waals surface area contributed by atoms with E-state index in [0.29, 0.717) is 0 Å². The van der Waals surface area contributed by atoms with Gasteiger partial charge in [-0.25, -0.2) is 0 Å². The van der Waals surface area contributed by atoms with Gasteiger partial charge in [-0.05, 0) is 57.0 Å². The Morgan fingerprint density at radius 2 is 0.943 bits per heavy atom. The summed E-state index contributed by atoms with van der Waals surface area (Å²) in [5.74, 6) is 0. The van der Waals surface area contributed by atoms with Gasteiger partial charge in [-0.3, -0.25) is 0 Å². The van der Waals surface area contributed by atoms with Crippen LogP contribution < -0.4 is 0 Å². The van der Waals surface area contributed by atoms with E-state index in [1.54, 1.807) is 0 Å². The number of hydrogen-bond acceptors (Lipinski definition) is 0. The average molecular weight is 451 g/mol. The maximum absolute atomic E-state index is 2.42. The lowest BCUT2D eigenvalue weighted by Crippen LogP contribution is -2.27. The van der Waals surface area contributed by atoms with Crippen LogP contribution in [0, 0.1) is 0 Å². The maximum atomic E-state index is 2.42. The van der Waals surface area contributed by atoms with Crippen molar-refractivity contribution in [1.29, 1.82) is 0 Å². The summed E-state index contributed by atoms with van der Waals surface area (Å²) in [6.07, 6.45) is 9.57. The molecule has 0 fully saturated rings. The fraction of sp³-hybridized carbons (Fsp3) is 0.143. The number of hydrogen-bond donors (Lipinski definition) is 0. The van der Waals surface area contributed by atoms with Crippen LogP contribution in [-0.2, 0) is 10.8 Å². The number of rotatable bonds is 1. The molecule has 1 spiro atoms. The molecule has 0 N–H and O–H groups in total. The molecule has 1 atom stereocenters. The van der Waals surface area contributed by atoms with E-state index >= 15 is 0 Å². The van der Waals surface area contributed by atoms with Crippen LogP contribution in [0.1, 0.15) is 48.6 Å². The highest BCUT2D eigenvalue weighted by molar-refractivity contribution is 5.98. The Balaban J connectivity index is 0.00000112. The SMILES string of the molecule is CC.CC1(c2ccccc2)C=CC2=C(C=C1)C1(c3ccccc32)c2ccccc2-c2ccccc21. The second-order valence-corrected chi connectivity index (χ2v) is 9.53. The fourth-order valence-corrected chi connectivity index (χ4v) is 6.31. The van der Waals surface area contributed by atoms with E-state index in [4.69, 9.17) is 0 Å². The van der Waals surface area contributed by atoms with Gasteiger partial charge < -0.3 is 0 Å². The molecule has 4 aromatic rings. The third-order valence-electron chi connectivity index (χ3n) is 7.86. The van der Waals surface area contributed by atoms with Crippen molar-refractivity contribution in [2.75, 3.05) is 0 Å². The highest BCUT2D eigenvalue weighted by Crippen LogP contribution is 2.62. The molecule has 3 aliphatic carbocycles. The fourth-order valence-electron chi connectivity index (χ4n) is 6.31. The summed E-state index contributed by atoms with van der Waals surface area (Å²) in [5, 5.41) is 0. The van der Waals surface area contributed by atoms with E-state index in [1.165, 1.54) is 50.1 Å². The highest BCUT2D eigenvalue weighted by Gasteiger charge is 2.52. The molecule has 0 aliphatic heterocycles. The lowest BCUT2D eigenvalue weighted by molar-refractivity contribution is 0.749. The zero-order valence-electron chi connectivity index (χ0n) is 20.6. The van der Waals surface area contributed by atoms with Gasteiger partial charge in [-0.1, -0.05) is 141 Å². The van der Waals surface area contributed by atoms with Crippen molar-refractivity contribution in [3.05, 3.63) is 161 Å². The summed E-state index contributed by atoms with van der Waals surface area (Å²) in [6.45, 7) is 6.31. The first-order valence-corrected chi connectivity index (χ1v) is 12.7. The molecule has 1 unspecified atom stereocenters. The van der Waals surface area contributed by atoms with Gasteiger partial charge in [0.25, 0.3) is 0 Å². The summed E-state index contributed by atoms with van der Waals surface area (Å²) >= 11 is 0. The molecule has 3 aliphatic rings. The largest absolute Gasteiger partial charge is 0.0725 e. The van der Waals surface area contributed by atoms with Crippen LogP contribution in [-0.4, -0.2) is 0 Å². The van der Waals surface area contributed by atoms with Crippen LogP contribution >= 0.6 is 0 Å². The highest BCUT2D eigenvalue weighted by atomic mass is 14.5. The van der Waals surface area contributed by atoms with Crippen molar-refractivity contribution in [3.63, 3.8) is 0 Å². The Kier molecular flexibility index (Phi) is 5.00. The summed E-state index contributed by atoms with van der Waals surface area (Å²) in [6, 6.07) is 37.8. The molecule has 35 heavy (non-hydrogen) atoms. The lowest BCUT2D eigenvalue weighted by atomic mass is 9.69. The Bertz CT molecular complexity index is 1470. The van der Waals surface area contributed by atoms with E-state index in [1.807, 2.05) is 13.8 Å². The predicted molar refractivity (Wildman–Crippen MR) is 149 cm³/mol. The molecule has 0 heteroatoms. The monoisotopic (exact) mass is 450 g/mol. The van der Waals surface area contributed by atoms with E-state index in [2.05, 4.69) is 134 Å². The summed E-state index contributed by atoms with van der Waals surface area (Å²) in [4.78, 5) is 0. The predicted octanol–water partition coefficient (Wildman–Crippen LogP) is 8.88. The van der Waals surface area contributed by atoms with Gasteiger partial charge in [0.2, 0.25) is 0 Å².